The van der Waals surface area contributed by atoms with Crippen molar-refractivity contribution in [1.82, 2.24) is 15.6 Å². The van der Waals surface area contributed by atoms with Crippen molar-refractivity contribution in [3.8, 4) is 5.75 Å². The number of hydrogen-bond donors (Lipinski definition) is 2. The van der Waals surface area contributed by atoms with Gasteiger partial charge in [0, 0.05) is 18.5 Å². The van der Waals surface area contributed by atoms with Crippen LogP contribution in [0.5, 0.6) is 5.75 Å². The number of guanidine groups is 1. The SMILES string of the molecule is CCOc1ccccc1CCNC(=NC)NCc1nc(C)c(C)s1. The zero-order valence-electron chi connectivity index (χ0n) is 14.8. The van der Waals surface area contributed by atoms with Gasteiger partial charge >= 0.3 is 0 Å². The highest BCUT2D eigenvalue weighted by Crippen LogP contribution is 2.18. The van der Waals surface area contributed by atoms with E-state index in [4.69, 9.17) is 4.74 Å². The lowest BCUT2D eigenvalue weighted by Crippen LogP contribution is -2.37. The first kappa shape index (κ1) is 18.3. The second-order valence-electron chi connectivity index (χ2n) is 5.39. The molecule has 0 aliphatic rings. The molecule has 0 aliphatic carbocycles. The van der Waals surface area contributed by atoms with Crippen molar-refractivity contribution in [2.24, 2.45) is 4.99 Å². The summed E-state index contributed by atoms with van der Waals surface area (Å²) in [5.74, 6) is 1.74. The van der Waals surface area contributed by atoms with Gasteiger partial charge in [-0.2, -0.15) is 0 Å². The molecule has 1 aromatic carbocycles. The first-order chi connectivity index (χ1) is 11.6. The number of nitrogens with one attached hydrogen (secondary N) is 2. The van der Waals surface area contributed by atoms with Crippen molar-refractivity contribution in [2.45, 2.75) is 33.7 Å². The van der Waals surface area contributed by atoms with Crippen LogP contribution in [0.2, 0.25) is 0 Å². The van der Waals surface area contributed by atoms with Crippen LogP contribution in [-0.2, 0) is 13.0 Å². The van der Waals surface area contributed by atoms with Gasteiger partial charge in [0.25, 0.3) is 0 Å². The fraction of sp³-hybridized carbons (Fsp3) is 0.444. The minimum atomic E-state index is 0.681. The number of aryl methyl sites for hydroxylation is 2. The van der Waals surface area contributed by atoms with E-state index in [1.807, 2.05) is 32.0 Å². The molecule has 1 heterocycles. The summed E-state index contributed by atoms with van der Waals surface area (Å²) >= 11 is 1.72. The van der Waals surface area contributed by atoms with Gasteiger partial charge in [-0.15, -0.1) is 11.3 Å². The molecule has 0 atom stereocenters. The van der Waals surface area contributed by atoms with E-state index in [1.165, 1.54) is 10.4 Å². The maximum absolute atomic E-state index is 5.66. The summed E-state index contributed by atoms with van der Waals surface area (Å²) in [4.78, 5) is 10.1. The Labute approximate surface area is 148 Å². The van der Waals surface area contributed by atoms with Crippen LogP contribution >= 0.6 is 11.3 Å². The minimum absolute atomic E-state index is 0.681. The average molecular weight is 347 g/mol. The van der Waals surface area contributed by atoms with Gasteiger partial charge in [-0.05, 0) is 38.8 Å². The fourth-order valence-corrected chi connectivity index (χ4v) is 3.19. The summed E-state index contributed by atoms with van der Waals surface area (Å²) in [5.41, 5.74) is 2.31. The van der Waals surface area contributed by atoms with E-state index < -0.39 is 0 Å². The molecule has 1 aromatic heterocycles. The molecule has 6 heteroatoms. The van der Waals surface area contributed by atoms with Gasteiger partial charge in [-0.1, -0.05) is 18.2 Å². The number of ether oxygens (including phenoxy) is 1. The number of aliphatic imine (C=N–C) groups is 1. The second kappa shape index (κ2) is 9.27. The Morgan fingerprint density at radius 2 is 2.04 bits per heavy atom. The Morgan fingerprint density at radius 1 is 1.25 bits per heavy atom. The molecule has 0 radical (unpaired) electrons. The van der Waals surface area contributed by atoms with Gasteiger partial charge in [-0.3, -0.25) is 4.99 Å². The highest BCUT2D eigenvalue weighted by atomic mass is 32.1. The Hall–Kier alpha value is -2.08. The van der Waals surface area contributed by atoms with Gasteiger partial charge in [0.2, 0.25) is 0 Å². The molecule has 24 heavy (non-hydrogen) atoms. The van der Waals surface area contributed by atoms with Crippen LogP contribution in [0.15, 0.2) is 29.3 Å². The number of para-hydroxylation sites is 1. The topological polar surface area (TPSA) is 58.5 Å². The molecule has 5 nitrogen and oxygen atoms in total. The van der Waals surface area contributed by atoms with Crippen molar-refractivity contribution >= 4 is 17.3 Å². The molecule has 0 bridgehead atoms. The zero-order chi connectivity index (χ0) is 17.4. The molecule has 0 unspecified atom stereocenters. The third kappa shape index (κ3) is 5.23. The van der Waals surface area contributed by atoms with E-state index in [1.54, 1.807) is 18.4 Å². The molecule has 2 rings (SSSR count). The largest absolute Gasteiger partial charge is 0.494 e. The van der Waals surface area contributed by atoms with Crippen LogP contribution in [0.4, 0.5) is 0 Å². The second-order valence-corrected chi connectivity index (χ2v) is 6.68. The number of benzene rings is 1. The molecular formula is C18H26N4OS. The quantitative estimate of drug-likeness (QED) is 0.597. The lowest BCUT2D eigenvalue weighted by molar-refractivity contribution is 0.336. The normalized spacial score (nSPS) is 11.4. The Kier molecular flexibility index (Phi) is 7.06. The predicted octanol–water partition coefficient (Wildman–Crippen LogP) is 3.07. The number of hydrogen-bond acceptors (Lipinski definition) is 4. The van der Waals surface area contributed by atoms with E-state index in [0.29, 0.717) is 13.2 Å². The molecule has 2 aromatic rings. The van der Waals surface area contributed by atoms with Crippen LogP contribution in [0, 0.1) is 13.8 Å². The van der Waals surface area contributed by atoms with E-state index in [9.17, 15) is 0 Å². The first-order valence-electron chi connectivity index (χ1n) is 8.22. The number of thiazole rings is 1. The summed E-state index contributed by atoms with van der Waals surface area (Å²) in [6, 6.07) is 8.15. The fourth-order valence-electron chi connectivity index (χ4n) is 2.32. The van der Waals surface area contributed by atoms with E-state index in [2.05, 4.69) is 33.6 Å². The number of aromatic nitrogens is 1. The van der Waals surface area contributed by atoms with E-state index in [-0.39, 0.29) is 0 Å². The van der Waals surface area contributed by atoms with Gasteiger partial charge in [0.05, 0.1) is 18.8 Å². The maximum atomic E-state index is 5.66. The summed E-state index contributed by atoms with van der Waals surface area (Å²) in [6.45, 7) is 8.30. The molecule has 0 aliphatic heterocycles. The van der Waals surface area contributed by atoms with Crippen molar-refractivity contribution < 1.29 is 4.74 Å². The van der Waals surface area contributed by atoms with E-state index in [0.717, 1.165) is 35.4 Å². The lowest BCUT2D eigenvalue weighted by atomic mass is 10.1. The van der Waals surface area contributed by atoms with E-state index >= 15 is 0 Å². The van der Waals surface area contributed by atoms with Crippen LogP contribution < -0.4 is 15.4 Å². The third-order valence-electron chi connectivity index (χ3n) is 3.66. The standard InChI is InChI=1S/C18H26N4OS/c1-5-23-16-9-7-6-8-15(16)10-11-20-18(19-4)21-12-17-22-13(2)14(3)24-17/h6-9H,5,10-12H2,1-4H3,(H2,19,20,21). The molecule has 0 amide bonds. The van der Waals surface area contributed by atoms with Crippen LogP contribution in [0.25, 0.3) is 0 Å². The van der Waals surface area contributed by atoms with Crippen molar-refractivity contribution in [2.75, 3.05) is 20.2 Å². The summed E-state index contributed by atoms with van der Waals surface area (Å²) in [5, 5.41) is 7.73. The molecular weight excluding hydrogens is 320 g/mol. The molecule has 2 N–H and O–H groups in total. The third-order valence-corrected chi connectivity index (χ3v) is 4.74. The Morgan fingerprint density at radius 3 is 2.71 bits per heavy atom. The van der Waals surface area contributed by atoms with Crippen molar-refractivity contribution in [3.05, 3.63) is 45.4 Å². The molecule has 0 spiro atoms. The van der Waals surface area contributed by atoms with Gasteiger partial charge in [-0.25, -0.2) is 4.98 Å². The molecule has 0 saturated heterocycles. The highest BCUT2D eigenvalue weighted by molar-refractivity contribution is 7.11. The van der Waals surface area contributed by atoms with Crippen molar-refractivity contribution in [1.29, 1.82) is 0 Å². The first-order valence-corrected chi connectivity index (χ1v) is 9.03. The van der Waals surface area contributed by atoms with Crippen molar-refractivity contribution in [3.63, 3.8) is 0 Å². The Bertz CT molecular complexity index is 662. The predicted molar refractivity (Wildman–Crippen MR) is 101 cm³/mol. The highest BCUT2D eigenvalue weighted by Gasteiger charge is 2.06. The smallest absolute Gasteiger partial charge is 0.191 e. The summed E-state index contributed by atoms with van der Waals surface area (Å²) < 4.78 is 5.66. The lowest BCUT2D eigenvalue weighted by Gasteiger charge is -2.13. The summed E-state index contributed by atoms with van der Waals surface area (Å²) in [7, 11) is 1.78. The molecule has 0 saturated carbocycles. The molecule has 130 valence electrons. The van der Waals surface area contributed by atoms with Crippen LogP contribution in [0.1, 0.15) is 28.1 Å². The van der Waals surface area contributed by atoms with Gasteiger partial charge in [0.1, 0.15) is 10.8 Å². The van der Waals surface area contributed by atoms with Gasteiger partial charge in [0.15, 0.2) is 5.96 Å². The van der Waals surface area contributed by atoms with Crippen LogP contribution in [0.3, 0.4) is 0 Å². The summed E-state index contributed by atoms with van der Waals surface area (Å²) in [6.07, 6.45) is 0.881. The zero-order valence-corrected chi connectivity index (χ0v) is 15.7. The minimum Gasteiger partial charge on any atom is -0.494 e. The van der Waals surface area contributed by atoms with Gasteiger partial charge < -0.3 is 15.4 Å². The maximum Gasteiger partial charge on any atom is 0.191 e. The number of rotatable bonds is 7. The number of nitrogens with zero attached hydrogens (tertiary/aromatic N) is 2. The van der Waals surface area contributed by atoms with Crippen LogP contribution in [-0.4, -0.2) is 31.1 Å². The average Bonchev–Trinajstić information content (AvgIpc) is 2.90. The Balaban J connectivity index is 1.81. The monoisotopic (exact) mass is 346 g/mol. The molecule has 0 fully saturated rings.